The molecule has 0 radical (unpaired) electrons. The molecule has 0 aliphatic heterocycles. The third-order valence-corrected chi connectivity index (χ3v) is 4.58. The number of nitrogens with two attached hydrogens (primary N) is 1. The molecule has 3 nitrogen and oxygen atoms in total. The van der Waals surface area contributed by atoms with Gasteiger partial charge in [-0.2, -0.15) is 0 Å². The molecule has 0 aromatic rings. The average molecular weight is 242 g/mol. The van der Waals surface area contributed by atoms with E-state index >= 15 is 0 Å². The van der Waals surface area contributed by atoms with Crippen LogP contribution >= 0.6 is 0 Å². The van der Waals surface area contributed by atoms with Crippen LogP contribution in [0.25, 0.3) is 0 Å². The molecule has 0 unspecified atom stereocenters. The molecular weight excluding hydrogens is 212 g/mol. The fourth-order valence-electron chi connectivity index (χ4n) is 2.95. The molecule has 1 saturated carbocycles. The highest BCUT2D eigenvalue weighted by molar-refractivity contribution is 4.94. The SMILES string of the molecule is CCOCCN(C)C1(CN)CCC(CC)CC1. The van der Waals surface area contributed by atoms with Crippen LogP contribution in [-0.2, 0) is 4.74 Å². The summed E-state index contributed by atoms with van der Waals surface area (Å²) in [6, 6.07) is 0. The van der Waals surface area contributed by atoms with Crippen LogP contribution in [0.4, 0.5) is 0 Å². The Morgan fingerprint density at radius 3 is 2.41 bits per heavy atom. The summed E-state index contributed by atoms with van der Waals surface area (Å²) in [4.78, 5) is 2.44. The maximum absolute atomic E-state index is 6.05. The Balaban J connectivity index is 2.45. The van der Waals surface area contributed by atoms with E-state index in [0.717, 1.165) is 32.2 Å². The number of rotatable bonds is 7. The molecule has 0 aromatic heterocycles. The number of hydrogen-bond donors (Lipinski definition) is 1. The zero-order valence-corrected chi connectivity index (χ0v) is 11.9. The van der Waals surface area contributed by atoms with Crippen molar-refractivity contribution in [2.24, 2.45) is 11.7 Å². The monoisotopic (exact) mass is 242 g/mol. The maximum atomic E-state index is 6.05. The van der Waals surface area contributed by atoms with Crippen LogP contribution < -0.4 is 5.73 Å². The topological polar surface area (TPSA) is 38.5 Å². The molecule has 102 valence electrons. The summed E-state index contributed by atoms with van der Waals surface area (Å²) >= 11 is 0. The second-order valence-electron chi connectivity index (χ2n) is 5.40. The van der Waals surface area contributed by atoms with Crippen LogP contribution in [0.5, 0.6) is 0 Å². The van der Waals surface area contributed by atoms with E-state index in [1.165, 1.54) is 32.1 Å². The lowest BCUT2D eigenvalue weighted by atomic mass is 9.75. The van der Waals surface area contributed by atoms with Gasteiger partial charge < -0.3 is 10.5 Å². The van der Waals surface area contributed by atoms with Gasteiger partial charge in [-0.25, -0.2) is 0 Å². The Morgan fingerprint density at radius 1 is 1.29 bits per heavy atom. The molecule has 0 atom stereocenters. The van der Waals surface area contributed by atoms with Crippen molar-refractivity contribution in [3.05, 3.63) is 0 Å². The number of hydrogen-bond acceptors (Lipinski definition) is 3. The predicted molar refractivity (Wildman–Crippen MR) is 73.2 cm³/mol. The molecule has 0 amide bonds. The van der Waals surface area contributed by atoms with Gasteiger partial charge in [0.05, 0.1) is 6.61 Å². The molecule has 0 saturated heterocycles. The van der Waals surface area contributed by atoms with Crippen LogP contribution in [0.1, 0.15) is 46.0 Å². The zero-order valence-electron chi connectivity index (χ0n) is 11.9. The van der Waals surface area contributed by atoms with E-state index in [4.69, 9.17) is 10.5 Å². The van der Waals surface area contributed by atoms with Crippen molar-refractivity contribution >= 4 is 0 Å². The zero-order chi connectivity index (χ0) is 12.7. The van der Waals surface area contributed by atoms with Crippen molar-refractivity contribution in [3.8, 4) is 0 Å². The summed E-state index contributed by atoms with van der Waals surface area (Å²) in [5.41, 5.74) is 6.29. The van der Waals surface area contributed by atoms with Crippen LogP contribution in [-0.4, -0.2) is 43.8 Å². The van der Waals surface area contributed by atoms with Gasteiger partial charge in [0.1, 0.15) is 0 Å². The highest BCUT2D eigenvalue weighted by Crippen LogP contribution is 2.36. The molecule has 17 heavy (non-hydrogen) atoms. The first-order chi connectivity index (χ1) is 8.18. The van der Waals surface area contributed by atoms with Crippen molar-refractivity contribution in [2.45, 2.75) is 51.5 Å². The molecule has 0 aromatic carbocycles. The largest absolute Gasteiger partial charge is 0.380 e. The Bertz CT molecular complexity index is 200. The van der Waals surface area contributed by atoms with Gasteiger partial charge in [0.25, 0.3) is 0 Å². The van der Waals surface area contributed by atoms with E-state index in [1.807, 2.05) is 6.92 Å². The maximum Gasteiger partial charge on any atom is 0.0593 e. The van der Waals surface area contributed by atoms with Gasteiger partial charge in [-0.3, -0.25) is 4.90 Å². The Kier molecular flexibility index (Phi) is 6.45. The first-order valence-electron chi connectivity index (χ1n) is 7.17. The summed E-state index contributed by atoms with van der Waals surface area (Å²) in [5, 5.41) is 0. The molecule has 0 heterocycles. The average Bonchev–Trinajstić information content (AvgIpc) is 2.39. The summed E-state index contributed by atoms with van der Waals surface area (Å²) in [6.45, 7) is 7.77. The number of ether oxygens (including phenoxy) is 1. The van der Waals surface area contributed by atoms with E-state index in [2.05, 4.69) is 18.9 Å². The van der Waals surface area contributed by atoms with Crippen LogP contribution in [0.15, 0.2) is 0 Å². The first kappa shape index (κ1) is 14.9. The van der Waals surface area contributed by atoms with Crippen molar-refractivity contribution in [3.63, 3.8) is 0 Å². The van der Waals surface area contributed by atoms with Gasteiger partial charge in [0.15, 0.2) is 0 Å². The molecule has 1 rings (SSSR count). The lowest BCUT2D eigenvalue weighted by Gasteiger charge is -2.46. The Morgan fingerprint density at radius 2 is 1.94 bits per heavy atom. The number of likely N-dealkylation sites (N-methyl/N-ethyl adjacent to an activating group) is 1. The van der Waals surface area contributed by atoms with E-state index in [0.29, 0.717) is 0 Å². The summed E-state index contributed by atoms with van der Waals surface area (Å²) in [7, 11) is 2.21. The molecule has 1 aliphatic rings. The highest BCUT2D eigenvalue weighted by atomic mass is 16.5. The van der Waals surface area contributed by atoms with Crippen molar-refractivity contribution in [1.82, 2.24) is 4.90 Å². The van der Waals surface area contributed by atoms with Crippen molar-refractivity contribution in [1.29, 1.82) is 0 Å². The van der Waals surface area contributed by atoms with E-state index in [1.54, 1.807) is 0 Å². The third-order valence-electron chi connectivity index (χ3n) is 4.58. The lowest BCUT2D eigenvalue weighted by molar-refractivity contribution is 0.0344. The third kappa shape index (κ3) is 3.94. The van der Waals surface area contributed by atoms with Crippen LogP contribution in [0, 0.1) is 5.92 Å². The molecule has 0 spiro atoms. The normalized spacial score (nSPS) is 29.8. The first-order valence-corrected chi connectivity index (χ1v) is 7.17. The molecule has 0 bridgehead atoms. The smallest absolute Gasteiger partial charge is 0.0593 e. The van der Waals surface area contributed by atoms with Crippen LogP contribution in [0.3, 0.4) is 0 Å². The van der Waals surface area contributed by atoms with Gasteiger partial charge in [-0.15, -0.1) is 0 Å². The van der Waals surface area contributed by atoms with Crippen molar-refractivity contribution in [2.75, 3.05) is 33.4 Å². The van der Waals surface area contributed by atoms with E-state index in [9.17, 15) is 0 Å². The summed E-state index contributed by atoms with van der Waals surface area (Å²) in [6.07, 6.45) is 6.51. The van der Waals surface area contributed by atoms with Gasteiger partial charge in [-0.1, -0.05) is 13.3 Å². The van der Waals surface area contributed by atoms with E-state index in [-0.39, 0.29) is 5.54 Å². The molecule has 2 N–H and O–H groups in total. The second-order valence-corrected chi connectivity index (χ2v) is 5.40. The minimum atomic E-state index is 0.239. The van der Waals surface area contributed by atoms with Crippen molar-refractivity contribution < 1.29 is 4.74 Å². The van der Waals surface area contributed by atoms with Gasteiger partial charge in [0, 0.05) is 25.2 Å². The minimum absolute atomic E-state index is 0.239. The molecule has 1 fully saturated rings. The fraction of sp³-hybridized carbons (Fsp3) is 1.00. The van der Waals surface area contributed by atoms with Crippen LogP contribution in [0.2, 0.25) is 0 Å². The second kappa shape index (κ2) is 7.34. The fourth-order valence-corrected chi connectivity index (χ4v) is 2.95. The minimum Gasteiger partial charge on any atom is -0.380 e. The van der Waals surface area contributed by atoms with Gasteiger partial charge >= 0.3 is 0 Å². The van der Waals surface area contributed by atoms with Gasteiger partial charge in [0.2, 0.25) is 0 Å². The Hall–Kier alpha value is -0.120. The van der Waals surface area contributed by atoms with E-state index < -0.39 is 0 Å². The summed E-state index contributed by atoms with van der Waals surface area (Å²) in [5.74, 6) is 0.926. The molecule has 3 heteroatoms. The Labute approximate surface area is 107 Å². The summed E-state index contributed by atoms with van der Waals surface area (Å²) < 4.78 is 5.44. The standard InChI is InChI=1S/C14H30N2O/c1-4-13-6-8-14(12-15,9-7-13)16(3)10-11-17-5-2/h13H,4-12,15H2,1-3H3. The quantitative estimate of drug-likeness (QED) is 0.696. The number of nitrogens with zero attached hydrogens (tertiary/aromatic N) is 1. The highest BCUT2D eigenvalue weighted by Gasteiger charge is 2.36. The molecule has 1 aliphatic carbocycles. The molecular formula is C14H30N2O. The predicted octanol–water partition coefficient (Wildman–Crippen LogP) is 2.25. The van der Waals surface area contributed by atoms with Gasteiger partial charge in [-0.05, 0) is 45.6 Å². The lowest BCUT2D eigenvalue weighted by Crippen LogP contribution is -2.54.